The van der Waals surface area contributed by atoms with Crippen molar-refractivity contribution < 1.29 is 4.74 Å². The van der Waals surface area contributed by atoms with Crippen LogP contribution in [0.1, 0.15) is 24.6 Å². The summed E-state index contributed by atoms with van der Waals surface area (Å²) >= 11 is 5.21. The van der Waals surface area contributed by atoms with Crippen molar-refractivity contribution in [2.45, 2.75) is 26.7 Å². The maximum atomic E-state index is 5.76. The van der Waals surface area contributed by atoms with Crippen LogP contribution in [0.5, 0.6) is 5.75 Å². The van der Waals surface area contributed by atoms with Crippen molar-refractivity contribution >= 4 is 49.0 Å². The third-order valence-corrected chi connectivity index (χ3v) is 6.22. The van der Waals surface area contributed by atoms with E-state index in [1.807, 2.05) is 24.3 Å². The lowest BCUT2D eigenvalue weighted by Crippen LogP contribution is -1.98. The van der Waals surface area contributed by atoms with Crippen LogP contribution in [0.3, 0.4) is 0 Å². The van der Waals surface area contributed by atoms with Gasteiger partial charge in [-0.1, -0.05) is 41.4 Å². The Bertz CT molecular complexity index is 1110. The van der Waals surface area contributed by atoms with Gasteiger partial charge in [0.05, 0.1) is 12.0 Å². The molecule has 0 unspecified atom stereocenters. The van der Waals surface area contributed by atoms with Gasteiger partial charge in [0, 0.05) is 20.6 Å². The quantitative estimate of drug-likeness (QED) is 0.288. The van der Waals surface area contributed by atoms with Crippen LogP contribution in [0.4, 0.5) is 11.5 Å². The normalized spacial score (nSPS) is 11.0. The highest BCUT2D eigenvalue weighted by atomic mass is 79.9. The number of aryl methyl sites for hydroxylation is 1. The molecule has 0 saturated carbocycles. The van der Waals surface area contributed by atoms with E-state index < -0.39 is 0 Å². The van der Waals surface area contributed by atoms with Crippen molar-refractivity contribution in [1.82, 2.24) is 9.97 Å². The van der Waals surface area contributed by atoms with Gasteiger partial charge in [0.2, 0.25) is 0 Å². The minimum absolute atomic E-state index is 0.751. The maximum Gasteiger partial charge on any atom is 0.143 e. The van der Waals surface area contributed by atoms with Gasteiger partial charge >= 0.3 is 0 Å². The summed E-state index contributed by atoms with van der Waals surface area (Å²) in [6, 6.07) is 16.4. The summed E-state index contributed by atoms with van der Waals surface area (Å²) in [6.45, 7) is 5.05. The van der Waals surface area contributed by atoms with E-state index >= 15 is 0 Å². The monoisotopic (exact) mass is 467 g/mol. The van der Waals surface area contributed by atoms with E-state index in [0.717, 1.165) is 57.0 Å². The van der Waals surface area contributed by atoms with Crippen LogP contribution >= 0.6 is 27.3 Å². The van der Waals surface area contributed by atoms with Crippen molar-refractivity contribution in [3.8, 4) is 16.9 Å². The van der Waals surface area contributed by atoms with Crippen LogP contribution in [0, 0.1) is 6.92 Å². The summed E-state index contributed by atoms with van der Waals surface area (Å²) in [5.74, 6) is 1.70. The van der Waals surface area contributed by atoms with E-state index in [1.54, 1.807) is 17.7 Å². The zero-order valence-corrected chi connectivity index (χ0v) is 18.8. The number of benzene rings is 2. The first-order valence-corrected chi connectivity index (χ1v) is 11.3. The topological polar surface area (TPSA) is 47.0 Å². The first kappa shape index (κ1) is 19.9. The summed E-state index contributed by atoms with van der Waals surface area (Å²) < 4.78 is 6.82. The van der Waals surface area contributed by atoms with Gasteiger partial charge in [-0.3, -0.25) is 0 Å². The Morgan fingerprint density at radius 1 is 1.03 bits per heavy atom. The highest BCUT2D eigenvalue weighted by Gasteiger charge is 2.17. The van der Waals surface area contributed by atoms with Gasteiger partial charge in [0.15, 0.2) is 0 Å². The Morgan fingerprint density at radius 3 is 2.52 bits per heavy atom. The van der Waals surface area contributed by atoms with Gasteiger partial charge in [0.1, 0.15) is 22.7 Å². The summed E-state index contributed by atoms with van der Waals surface area (Å²) in [4.78, 5) is 11.3. The third kappa shape index (κ3) is 4.43. The van der Waals surface area contributed by atoms with Crippen molar-refractivity contribution in [2.24, 2.45) is 0 Å². The van der Waals surface area contributed by atoms with Gasteiger partial charge < -0.3 is 10.1 Å². The molecule has 4 aromatic rings. The molecular formula is C23H22BrN3OS. The minimum atomic E-state index is 0.751. The van der Waals surface area contributed by atoms with Gasteiger partial charge in [-0.25, -0.2) is 9.97 Å². The molecule has 0 spiro atoms. The number of hydrogen-bond acceptors (Lipinski definition) is 5. The summed E-state index contributed by atoms with van der Waals surface area (Å²) in [5.41, 5.74) is 3.31. The Morgan fingerprint density at radius 2 is 1.79 bits per heavy atom. The standard InChI is InChI=1S/C23H22BrN3OS/c1-3-4-13-28-19-11-9-18(10-12-19)27-22-21-20(16-5-7-17(24)8-6-16)15(2)29-23(21)26-14-25-22/h5-12,14H,3-4,13H2,1-2H3,(H,25,26,27). The Labute approximate surface area is 183 Å². The van der Waals surface area contributed by atoms with Crippen LogP contribution in [0.15, 0.2) is 59.3 Å². The summed E-state index contributed by atoms with van der Waals surface area (Å²) in [7, 11) is 0. The third-order valence-electron chi connectivity index (χ3n) is 4.68. The fourth-order valence-corrected chi connectivity index (χ4v) is 4.49. The minimum Gasteiger partial charge on any atom is -0.494 e. The molecule has 4 rings (SSSR count). The lowest BCUT2D eigenvalue weighted by atomic mass is 10.0. The van der Waals surface area contributed by atoms with Crippen LogP contribution in [0.25, 0.3) is 21.3 Å². The lowest BCUT2D eigenvalue weighted by molar-refractivity contribution is 0.309. The maximum absolute atomic E-state index is 5.76. The molecule has 0 amide bonds. The molecule has 0 aliphatic carbocycles. The molecule has 0 aliphatic heterocycles. The van der Waals surface area contributed by atoms with E-state index in [1.165, 1.54) is 10.4 Å². The van der Waals surface area contributed by atoms with Gasteiger partial charge in [-0.15, -0.1) is 11.3 Å². The number of halogens is 1. The fourth-order valence-electron chi connectivity index (χ4n) is 3.21. The molecule has 0 saturated heterocycles. The molecule has 0 fully saturated rings. The summed E-state index contributed by atoms with van der Waals surface area (Å²) in [5, 5.41) is 4.52. The first-order chi connectivity index (χ1) is 14.2. The second-order valence-corrected chi connectivity index (χ2v) is 8.91. The highest BCUT2D eigenvalue weighted by molar-refractivity contribution is 9.10. The molecule has 29 heavy (non-hydrogen) atoms. The molecule has 0 radical (unpaired) electrons. The highest BCUT2D eigenvalue weighted by Crippen LogP contribution is 2.41. The predicted octanol–water partition coefficient (Wildman–Crippen LogP) is 7.35. The van der Waals surface area contributed by atoms with E-state index in [9.17, 15) is 0 Å². The zero-order valence-electron chi connectivity index (χ0n) is 16.4. The van der Waals surface area contributed by atoms with Gasteiger partial charge in [-0.05, 0) is 55.3 Å². The van der Waals surface area contributed by atoms with Gasteiger partial charge in [0.25, 0.3) is 0 Å². The molecule has 0 bridgehead atoms. The van der Waals surface area contributed by atoms with Crippen molar-refractivity contribution in [2.75, 3.05) is 11.9 Å². The number of fused-ring (bicyclic) bond motifs is 1. The fraction of sp³-hybridized carbons (Fsp3) is 0.217. The predicted molar refractivity (Wildman–Crippen MR) is 125 cm³/mol. The molecule has 4 nitrogen and oxygen atoms in total. The molecule has 6 heteroatoms. The second kappa shape index (κ2) is 8.93. The van der Waals surface area contributed by atoms with Crippen molar-refractivity contribution in [3.05, 3.63) is 64.2 Å². The first-order valence-electron chi connectivity index (χ1n) is 9.65. The average molecular weight is 468 g/mol. The number of anilines is 2. The second-order valence-electron chi connectivity index (χ2n) is 6.79. The number of aromatic nitrogens is 2. The van der Waals surface area contributed by atoms with Crippen molar-refractivity contribution in [3.63, 3.8) is 0 Å². The number of thiophene rings is 1. The Hall–Kier alpha value is -2.44. The average Bonchev–Trinajstić information content (AvgIpc) is 3.07. The smallest absolute Gasteiger partial charge is 0.143 e. The van der Waals surface area contributed by atoms with Crippen LogP contribution < -0.4 is 10.1 Å². The van der Waals surface area contributed by atoms with E-state index in [0.29, 0.717) is 0 Å². The summed E-state index contributed by atoms with van der Waals surface area (Å²) in [6.07, 6.45) is 3.81. The van der Waals surface area contributed by atoms with E-state index in [2.05, 4.69) is 69.3 Å². The van der Waals surface area contributed by atoms with Crippen LogP contribution in [0.2, 0.25) is 0 Å². The number of nitrogens with one attached hydrogen (secondary N) is 1. The van der Waals surface area contributed by atoms with E-state index in [4.69, 9.17) is 4.74 Å². The zero-order chi connectivity index (χ0) is 20.2. The SMILES string of the molecule is CCCCOc1ccc(Nc2ncnc3sc(C)c(-c4ccc(Br)cc4)c23)cc1. The molecule has 2 aromatic carbocycles. The number of ether oxygens (including phenoxy) is 1. The molecule has 148 valence electrons. The van der Waals surface area contributed by atoms with Crippen molar-refractivity contribution in [1.29, 1.82) is 0 Å². The number of nitrogens with zero attached hydrogens (tertiary/aromatic N) is 2. The molecular weight excluding hydrogens is 446 g/mol. The van der Waals surface area contributed by atoms with Crippen LogP contribution in [-0.2, 0) is 0 Å². The largest absolute Gasteiger partial charge is 0.494 e. The van der Waals surface area contributed by atoms with E-state index in [-0.39, 0.29) is 0 Å². The molecule has 0 atom stereocenters. The molecule has 2 heterocycles. The molecule has 1 N–H and O–H groups in total. The van der Waals surface area contributed by atoms with Gasteiger partial charge in [-0.2, -0.15) is 0 Å². The Balaban J connectivity index is 1.67. The number of rotatable bonds is 7. The van der Waals surface area contributed by atoms with Crippen LogP contribution in [-0.4, -0.2) is 16.6 Å². The Kier molecular flexibility index (Phi) is 6.11. The molecule has 2 aromatic heterocycles. The number of unbranched alkanes of at least 4 members (excludes halogenated alkanes) is 1. The lowest BCUT2D eigenvalue weighted by Gasteiger charge is -2.10. The number of hydrogen-bond donors (Lipinski definition) is 1. The molecule has 0 aliphatic rings.